The molecule has 0 heterocycles. The van der Waals surface area contributed by atoms with E-state index in [4.69, 9.17) is 9.84 Å². The number of Topliss-reactive ketones (excluding diaryl/α,β-unsaturated/α-hetero) is 2. The summed E-state index contributed by atoms with van der Waals surface area (Å²) in [6.07, 6.45) is -1.01. The minimum absolute atomic E-state index is 0.365. The Kier molecular flexibility index (Phi) is 4.39. The van der Waals surface area contributed by atoms with E-state index < -0.39 is 24.6 Å². The van der Waals surface area contributed by atoms with Crippen LogP contribution in [0.5, 0.6) is 5.75 Å². The Morgan fingerprint density at radius 3 is 2.18 bits per heavy atom. The number of benzene rings is 1. The van der Waals surface area contributed by atoms with E-state index in [0.29, 0.717) is 11.3 Å². The summed E-state index contributed by atoms with van der Waals surface area (Å²) >= 11 is 0. The number of carbonyl (C=O) groups excluding carboxylic acids is 2. The summed E-state index contributed by atoms with van der Waals surface area (Å²) in [5.74, 6) is -1.60. The smallest absolute Gasteiger partial charge is 0.310 e. The predicted molar refractivity (Wildman–Crippen MR) is 59.2 cm³/mol. The monoisotopic (exact) mass is 236 g/mol. The second kappa shape index (κ2) is 5.79. The Bertz CT molecular complexity index is 433. The Morgan fingerprint density at radius 1 is 1.12 bits per heavy atom. The van der Waals surface area contributed by atoms with Crippen LogP contribution in [0.15, 0.2) is 24.3 Å². The summed E-state index contributed by atoms with van der Waals surface area (Å²) < 4.78 is 4.93. The number of hydrogen-bond acceptors (Lipinski definition) is 4. The van der Waals surface area contributed by atoms with Crippen molar-refractivity contribution in [2.24, 2.45) is 0 Å². The third kappa shape index (κ3) is 4.06. The van der Waals surface area contributed by atoms with Crippen LogP contribution in [0.4, 0.5) is 0 Å². The highest BCUT2D eigenvalue weighted by Gasteiger charge is 2.14. The van der Waals surface area contributed by atoms with Crippen molar-refractivity contribution in [3.05, 3.63) is 29.8 Å². The zero-order valence-electron chi connectivity index (χ0n) is 9.30. The molecular formula is C12H12O5. The fourth-order valence-corrected chi connectivity index (χ4v) is 1.29. The number of ketones is 2. The Morgan fingerprint density at radius 2 is 1.71 bits per heavy atom. The van der Waals surface area contributed by atoms with Gasteiger partial charge in [0.2, 0.25) is 0 Å². The average Bonchev–Trinajstić information content (AvgIpc) is 2.28. The van der Waals surface area contributed by atoms with Gasteiger partial charge in [0.05, 0.1) is 13.5 Å². The molecule has 1 N–H and O–H groups in total. The molecule has 0 aliphatic heterocycles. The third-order valence-electron chi connectivity index (χ3n) is 2.12. The van der Waals surface area contributed by atoms with Gasteiger partial charge in [-0.25, -0.2) is 0 Å². The summed E-state index contributed by atoms with van der Waals surface area (Å²) in [7, 11) is 1.51. The Balaban J connectivity index is 2.63. The van der Waals surface area contributed by atoms with Gasteiger partial charge in [0.15, 0.2) is 11.6 Å². The molecular weight excluding hydrogens is 224 g/mol. The van der Waals surface area contributed by atoms with E-state index in [1.165, 1.54) is 19.2 Å². The highest BCUT2D eigenvalue weighted by atomic mass is 16.5. The highest BCUT2D eigenvalue weighted by Crippen LogP contribution is 2.13. The summed E-state index contributed by atoms with van der Waals surface area (Å²) in [4.78, 5) is 33.0. The van der Waals surface area contributed by atoms with Crippen LogP contribution in [0.2, 0.25) is 0 Å². The van der Waals surface area contributed by atoms with Crippen LogP contribution < -0.4 is 4.74 Å². The van der Waals surface area contributed by atoms with Crippen molar-refractivity contribution in [1.82, 2.24) is 0 Å². The van der Waals surface area contributed by atoms with Crippen molar-refractivity contribution >= 4 is 17.5 Å². The highest BCUT2D eigenvalue weighted by molar-refractivity contribution is 6.11. The number of rotatable bonds is 6. The summed E-state index contributed by atoms with van der Waals surface area (Å²) in [6, 6.07) is 6.29. The van der Waals surface area contributed by atoms with Crippen molar-refractivity contribution < 1.29 is 24.2 Å². The van der Waals surface area contributed by atoms with Gasteiger partial charge < -0.3 is 9.84 Å². The number of ether oxygens (including phenoxy) is 1. The lowest BCUT2D eigenvalue weighted by molar-refractivity contribution is -0.139. The first-order valence-corrected chi connectivity index (χ1v) is 4.93. The van der Waals surface area contributed by atoms with Crippen LogP contribution in [0.3, 0.4) is 0 Å². The van der Waals surface area contributed by atoms with Crippen molar-refractivity contribution in [3.63, 3.8) is 0 Å². The number of carbonyl (C=O) groups is 3. The molecule has 0 fully saturated rings. The van der Waals surface area contributed by atoms with Crippen molar-refractivity contribution in [3.8, 4) is 5.75 Å². The fraction of sp³-hybridized carbons (Fsp3) is 0.250. The minimum Gasteiger partial charge on any atom is -0.497 e. The van der Waals surface area contributed by atoms with Gasteiger partial charge in [-0.2, -0.15) is 0 Å². The maximum absolute atomic E-state index is 11.6. The zero-order valence-corrected chi connectivity index (χ0v) is 9.30. The van der Waals surface area contributed by atoms with E-state index in [-0.39, 0.29) is 5.78 Å². The number of hydrogen-bond donors (Lipinski definition) is 1. The SMILES string of the molecule is COc1ccc(C(=O)CC(=O)CC(=O)O)cc1. The van der Waals surface area contributed by atoms with Gasteiger partial charge in [0.1, 0.15) is 12.2 Å². The number of methoxy groups -OCH3 is 1. The lowest BCUT2D eigenvalue weighted by atomic mass is 10.0. The fourth-order valence-electron chi connectivity index (χ4n) is 1.29. The molecule has 90 valence electrons. The lowest BCUT2D eigenvalue weighted by Crippen LogP contribution is -2.12. The first kappa shape index (κ1) is 12.9. The molecule has 5 nitrogen and oxygen atoms in total. The van der Waals surface area contributed by atoms with Crippen LogP contribution >= 0.6 is 0 Å². The van der Waals surface area contributed by atoms with Gasteiger partial charge in [0.25, 0.3) is 0 Å². The average molecular weight is 236 g/mol. The van der Waals surface area contributed by atoms with Gasteiger partial charge in [0, 0.05) is 5.56 Å². The topological polar surface area (TPSA) is 80.7 Å². The van der Waals surface area contributed by atoms with Gasteiger partial charge in [-0.1, -0.05) is 0 Å². The molecule has 0 aliphatic carbocycles. The van der Waals surface area contributed by atoms with Crippen LogP contribution in [0.1, 0.15) is 23.2 Å². The molecule has 5 heteroatoms. The van der Waals surface area contributed by atoms with Crippen molar-refractivity contribution in [1.29, 1.82) is 0 Å². The van der Waals surface area contributed by atoms with Crippen LogP contribution in [-0.4, -0.2) is 29.8 Å². The van der Waals surface area contributed by atoms with E-state index in [0.717, 1.165) is 0 Å². The zero-order chi connectivity index (χ0) is 12.8. The molecule has 0 saturated carbocycles. The van der Waals surface area contributed by atoms with E-state index in [9.17, 15) is 14.4 Å². The van der Waals surface area contributed by atoms with Gasteiger partial charge in [-0.05, 0) is 24.3 Å². The van der Waals surface area contributed by atoms with Crippen molar-refractivity contribution in [2.75, 3.05) is 7.11 Å². The maximum atomic E-state index is 11.6. The molecule has 0 atom stereocenters. The molecule has 0 amide bonds. The lowest BCUT2D eigenvalue weighted by Gasteiger charge is -2.02. The van der Waals surface area contributed by atoms with Gasteiger partial charge in [-0.3, -0.25) is 14.4 Å². The van der Waals surface area contributed by atoms with Gasteiger partial charge >= 0.3 is 5.97 Å². The Labute approximate surface area is 98.0 Å². The number of aliphatic carboxylic acids is 1. The standard InChI is InChI=1S/C12H12O5/c1-17-10-4-2-8(3-5-10)11(14)6-9(13)7-12(15)16/h2-5H,6-7H2,1H3,(H,15,16). The van der Waals surface area contributed by atoms with Gasteiger partial charge in [-0.15, -0.1) is 0 Å². The molecule has 0 unspecified atom stereocenters. The molecule has 1 aromatic rings. The van der Waals surface area contributed by atoms with E-state index >= 15 is 0 Å². The first-order chi connectivity index (χ1) is 8.02. The van der Waals surface area contributed by atoms with Crippen LogP contribution in [-0.2, 0) is 9.59 Å². The molecule has 0 radical (unpaired) electrons. The first-order valence-electron chi connectivity index (χ1n) is 4.93. The molecule has 0 aliphatic rings. The molecule has 0 bridgehead atoms. The summed E-state index contributed by atoms with van der Waals surface area (Å²) in [6.45, 7) is 0. The molecule has 1 aromatic carbocycles. The third-order valence-corrected chi connectivity index (χ3v) is 2.12. The van der Waals surface area contributed by atoms with E-state index in [2.05, 4.69) is 0 Å². The number of carboxylic acid groups (broad SMARTS) is 1. The quantitative estimate of drug-likeness (QED) is 0.595. The van der Waals surface area contributed by atoms with Crippen LogP contribution in [0.25, 0.3) is 0 Å². The molecule has 0 spiro atoms. The predicted octanol–water partition coefficient (Wildman–Crippen LogP) is 1.31. The molecule has 0 aromatic heterocycles. The summed E-state index contributed by atoms with van der Waals surface area (Å²) in [5.41, 5.74) is 0.365. The number of carboxylic acids is 1. The second-order valence-corrected chi connectivity index (χ2v) is 3.44. The van der Waals surface area contributed by atoms with E-state index in [1.54, 1.807) is 12.1 Å². The van der Waals surface area contributed by atoms with Crippen LogP contribution in [0, 0.1) is 0 Å². The molecule has 17 heavy (non-hydrogen) atoms. The second-order valence-electron chi connectivity index (χ2n) is 3.44. The van der Waals surface area contributed by atoms with Crippen molar-refractivity contribution in [2.45, 2.75) is 12.8 Å². The molecule has 0 saturated heterocycles. The van der Waals surface area contributed by atoms with E-state index in [1.807, 2.05) is 0 Å². The molecule has 1 rings (SSSR count). The normalized spacial score (nSPS) is 9.71. The summed E-state index contributed by atoms with van der Waals surface area (Å²) in [5, 5.41) is 8.39. The Hall–Kier alpha value is -2.17. The minimum atomic E-state index is -1.22. The largest absolute Gasteiger partial charge is 0.497 e. The maximum Gasteiger partial charge on any atom is 0.310 e.